The van der Waals surface area contributed by atoms with Crippen LogP contribution in [0.3, 0.4) is 0 Å². The number of nitrogens with zero attached hydrogens (tertiary/aromatic N) is 1. The molecule has 0 aromatic carbocycles. The Morgan fingerprint density at radius 1 is 1.05 bits per heavy atom. The van der Waals surface area contributed by atoms with Crippen molar-refractivity contribution in [3.63, 3.8) is 0 Å². The molecule has 1 aliphatic heterocycles. The molecule has 1 saturated carbocycles. The van der Waals surface area contributed by atoms with Crippen LogP contribution in [0.5, 0.6) is 0 Å². The molecule has 0 spiro atoms. The lowest BCUT2D eigenvalue weighted by molar-refractivity contribution is -0.132. The monoisotopic (exact) mass is 309 g/mol. The van der Waals surface area contributed by atoms with E-state index >= 15 is 0 Å². The molecule has 22 heavy (non-hydrogen) atoms. The molecule has 0 aromatic rings. The van der Waals surface area contributed by atoms with Gasteiger partial charge in [0.15, 0.2) is 0 Å². The Kier molecular flexibility index (Phi) is 6.52. The highest BCUT2D eigenvalue weighted by molar-refractivity contribution is 5.87. The van der Waals surface area contributed by atoms with E-state index in [1.54, 1.807) is 0 Å². The second-order valence-electron chi connectivity index (χ2n) is 7.17. The zero-order chi connectivity index (χ0) is 15.9. The minimum absolute atomic E-state index is 0.0880. The van der Waals surface area contributed by atoms with E-state index < -0.39 is 0 Å². The van der Waals surface area contributed by atoms with Crippen molar-refractivity contribution in [2.24, 2.45) is 5.92 Å². The summed E-state index contributed by atoms with van der Waals surface area (Å²) >= 11 is 0. The lowest BCUT2D eigenvalue weighted by Crippen LogP contribution is -2.53. The summed E-state index contributed by atoms with van der Waals surface area (Å²) in [5.41, 5.74) is 0. The van der Waals surface area contributed by atoms with Gasteiger partial charge in [0.25, 0.3) is 0 Å². The third kappa shape index (κ3) is 5.18. The molecular formula is C17H31N3O2. The van der Waals surface area contributed by atoms with Gasteiger partial charge in [-0.1, -0.05) is 33.1 Å². The molecule has 5 heteroatoms. The largest absolute Gasteiger partial charge is 0.341 e. The summed E-state index contributed by atoms with van der Waals surface area (Å²) < 4.78 is 0. The molecule has 0 aromatic heterocycles. The fraction of sp³-hybridized carbons (Fsp3) is 0.882. The van der Waals surface area contributed by atoms with Gasteiger partial charge < -0.3 is 15.5 Å². The van der Waals surface area contributed by atoms with E-state index in [1.807, 2.05) is 4.90 Å². The lowest BCUT2D eigenvalue weighted by Gasteiger charge is -2.27. The molecule has 5 nitrogen and oxygen atoms in total. The van der Waals surface area contributed by atoms with Gasteiger partial charge in [-0.3, -0.25) is 4.79 Å². The molecule has 1 saturated heterocycles. The first kappa shape index (κ1) is 17.1. The topological polar surface area (TPSA) is 61.4 Å². The van der Waals surface area contributed by atoms with Crippen molar-refractivity contribution < 1.29 is 9.59 Å². The summed E-state index contributed by atoms with van der Waals surface area (Å²) in [7, 11) is 0. The summed E-state index contributed by atoms with van der Waals surface area (Å²) in [5.74, 6) is 0.469. The molecule has 0 radical (unpaired) electrons. The Hall–Kier alpha value is -1.26. The van der Waals surface area contributed by atoms with E-state index in [9.17, 15) is 9.59 Å². The van der Waals surface area contributed by atoms with Crippen LogP contribution in [-0.2, 0) is 4.79 Å². The van der Waals surface area contributed by atoms with Crippen molar-refractivity contribution in [1.29, 1.82) is 0 Å². The number of urea groups is 1. The fourth-order valence-electron chi connectivity index (χ4n) is 3.48. The van der Waals surface area contributed by atoms with Crippen molar-refractivity contribution >= 4 is 11.9 Å². The van der Waals surface area contributed by atoms with Gasteiger partial charge in [0, 0.05) is 19.1 Å². The lowest BCUT2D eigenvalue weighted by atomic mass is 9.96. The summed E-state index contributed by atoms with van der Waals surface area (Å²) in [4.78, 5) is 26.7. The van der Waals surface area contributed by atoms with E-state index in [0.29, 0.717) is 12.3 Å². The van der Waals surface area contributed by atoms with E-state index in [0.717, 1.165) is 38.8 Å². The smallest absolute Gasteiger partial charge is 0.315 e. The normalized spacial score (nSPS) is 21.0. The van der Waals surface area contributed by atoms with Crippen molar-refractivity contribution in [1.82, 2.24) is 15.5 Å². The first-order valence-electron chi connectivity index (χ1n) is 8.92. The number of hydrogen-bond acceptors (Lipinski definition) is 2. The summed E-state index contributed by atoms with van der Waals surface area (Å²) in [6, 6.07) is -0.290. The Morgan fingerprint density at radius 3 is 2.27 bits per heavy atom. The van der Waals surface area contributed by atoms with Crippen LogP contribution in [0.25, 0.3) is 0 Å². The number of carbonyl (C=O) groups is 2. The molecule has 1 atom stereocenters. The zero-order valence-corrected chi connectivity index (χ0v) is 14.1. The third-order valence-corrected chi connectivity index (χ3v) is 4.67. The van der Waals surface area contributed by atoms with Crippen molar-refractivity contribution in [2.75, 3.05) is 13.1 Å². The van der Waals surface area contributed by atoms with Crippen LogP contribution in [0.15, 0.2) is 0 Å². The van der Waals surface area contributed by atoms with Crippen LogP contribution in [0.2, 0.25) is 0 Å². The SMILES string of the molecule is CC(C)C[C@@H](NC(=O)NC1CCCCC1)C(=O)N1CCCC1. The Morgan fingerprint density at radius 2 is 1.68 bits per heavy atom. The van der Waals surface area contributed by atoms with Crippen LogP contribution >= 0.6 is 0 Å². The standard InChI is InChI=1S/C17H31N3O2/c1-13(2)12-15(16(21)20-10-6-7-11-20)19-17(22)18-14-8-4-3-5-9-14/h13-15H,3-12H2,1-2H3,(H2,18,19,22)/t15-/m1/s1. The molecule has 2 rings (SSSR count). The van der Waals surface area contributed by atoms with Gasteiger partial charge in [0.1, 0.15) is 6.04 Å². The second kappa shape index (κ2) is 8.39. The molecule has 3 amide bonds. The number of rotatable bonds is 5. The van der Waals surface area contributed by atoms with Crippen molar-refractivity contribution in [3.8, 4) is 0 Å². The number of carbonyl (C=O) groups excluding carboxylic acids is 2. The molecule has 2 fully saturated rings. The molecule has 0 unspecified atom stereocenters. The first-order valence-corrected chi connectivity index (χ1v) is 8.92. The van der Waals surface area contributed by atoms with E-state index in [-0.39, 0.29) is 24.0 Å². The molecule has 2 aliphatic rings. The van der Waals surface area contributed by atoms with Gasteiger partial charge in [-0.15, -0.1) is 0 Å². The van der Waals surface area contributed by atoms with Crippen molar-refractivity contribution in [2.45, 2.75) is 77.3 Å². The number of nitrogens with one attached hydrogen (secondary N) is 2. The van der Waals surface area contributed by atoms with E-state index in [2.05, 4.69) is 24.5 Å². The molecular weight excluding hydrogens is 278 g/mol. The quantitative estimate of drug-likeness (QED) is 0.820. The molecule has 1 aliphatic carbocycles. The minimum atomic E-state index is -0.387. The first-order chi connectivity index (χ1) is 10.6. The van der Waals surface area contributed by atoms with Crippen LogP contribution < -0.4 is 10.6 Å². The maximum absolute atomic E-state index is 12.6. The summed E-state index contributed by atoms with van der Waals surface area (Å²) in [6.07, 6.45) is 8.62. The van der Waals surface area contributed by atoms with E-state index in [1.165, 1.54) is 19.3 Å². The molecule has 2 N–H and O–H groups in total. The predicted molar refractivity (Wildman–Crippen MR) is 87.6 cm³/mol. The summed E-state index contributed by atoms with van der Waals surface area (Å²) in [6.45, 7) is 5.84. The Bertz CT molecular complexity index is 372. The van der Waals surface area contributed by atoms with Gasteiger partial charge in [0.05, 0.1) is 0 Å². The average Bonchev–Trinajstić information content (AvgIpc) is 3.00. The van der Waals surface area contributed by atoms with Crippen LogP contribution in [-0.4, -0.2) is 42.0 Å². The maximum Gasteiger partial charge on any atom is 0.315 e. The maximum atomic E-state index is 12.6. The number of likely N-dealkylation sites (tertiary alicyclic amines) is 1. The summed E-state index contributed by atoms with van der Waals surface area (Å²) in [5, 5.41) is 5.98. The van der Waals surface area contributed by atoms with Gasteiger partial charge >= 0.3 is 6.03 Å². The predicted octanol–water partition coefficient (Wildman–Crippen LogP) is 2.66. The van der Waals surface area contributed by atoms with Gasteiger partial charge in [-0.2, -0.15) is 0 Å². The van der Waals surface area contributed by atoms with E-state index in [4.69, 9.17) is 0 Å². The second-order valence-corrected chi connectivity index (χ2v) is 7.17. The van der Waals surface area contributed by atoms with Crippen LogP contribution in [0, 0.1) is 5.92 Å². The molecule has 1 heterocycles. The highest BCUT2D eigenvalue weighted by atomic mass is 16.2. The highest BCUT2D eigenvalue weighted by Gasteiger charge is 2.28. The Balaban J connectivity index is 1.87. The molecule has 0 bridgehead atoms. The third-order valence-electron chi connectivity index (χ3n) is 4.67. The van der Waals surface area contributed by atoms with Gasteiger partial charge in [-0.25, -0.2) is 4.79 Å². The highest BCUT2D eigenvalue weighted by Crippen LogP contribution is 2.17. The van der Waals surface area contributed by atoms with Gasteiger partial charge in [0.2, 0.25) is 5.91 Å². The van der Waals surface area contributed by atoms with Crippen LogP contribution in [0.1, 0.15) is 65.2 Å². The fourth-order valence-corrected chi connectivity index (χ4v) is 3.48. The Labute approximate surface area is 134 Å². The van der Waals surface area contributed by atoms with Crippen LogP contribution in [0.4, 0.5) is 4.79 Å². The molecule has 126 valence electrons. The average molecular weight is 309 g/mol. The zero-order valence-electron chi connectivity index (χ0n) is 14.1. The van der Waals surface area contributed by atoms with Crippen molar-refractivity contribution in [3.05, 3.63) is 0 Å². The van der Waals surface area contributed by atoms with Gasteiger partial charge in [-0.05, 0) is 38.0 Å². The minimum Gasteiger partial charge on any atom is -0.341 e. The number of hydrogen-bond donors (Lipinski definition) is 2. The number of amides is 3.